The predicted octanol–water partition coefficient (Wildman–Crippen LogP) is 4.46. The van der Waals surface area contributed by atoms with Gasteiger partial charge in [-0.25, -0.2) is 15.1 Å². The molecule has 1 spiro atoms. The zero-order chi connectivity index (χ0) is 28.5. The first-order chi connectivity index (χ1) is 19.3. The molecule has 10 nitrogen and oxygen atoms in total. The van der Waals surface area contributed by atoms with E-state index in [4.69, 9.17) is 9.57 Å². The number of imide groups is 1. The molecule has 3 N–H and O–H groups in total. The third-order valence-corrected chi connectivity index (χ3v) is 8.21. The Morgan fingerprint density at radius 3 is 2.48 bits per heavy atom. The van der Waals surface area contributed by atoms with Gasteiger partial charge in [0, 0.05) is 18.9 Å². The lowest BCUT2D eigenvalue weighted by Gasteiger charge is -2.30. The number of hydrogen-bond donors (Lipinski definition) is 3. The van der Waals surface area contributed by atoms with Crippen molar-refractivity contribution in [1.82, 2.24) is 21.2 Å². The summed E-state index contributed by atoms with van der Waals surface area (Å²) in [7, 11) is 0. The van der Waals surface area contributed by atoms with Crippen LogP contribution in [0.25, 0.3) is 0 Å². The molecule has 0 bridgehead atoms. The Balaban J connectivity index is 1.36. The Morgan fingerprint density at radius 1 is 1.05 bits per heavy atom. The van der Waals surface area contributed by atoms with E-state index in [0.29, 0.717) is 45.1 Å². The van der Waals surface area contributed by atoms with Crippen LogP contribution in [0.5, 0.6) is 0 Å². The molecule has 2 saturated heterocycles. The molecular weight excluding hydrogens is 512 g/mol. The third-order valence-electron chi connectivity index (χ3n) is 8.21. The van der Waals surface area contributed by atoms with Gasteiger partial charge in [0.05, 0.1) is 5.92 Å². The number of ether oxygens (including phenoxy) is 1. The molecule has 3 atom stereocenters. The first-order valence-corrected chi connectivity index (χ1v) is 14.9. The van der Waals surface area contributed by atoms with Crippen LogP contribution in [0.4, 0.5) is 4.79 Å². The lowest BCUT2D eigenvalue weighted by atomic mass is 9.82. The van der Waals surface area contributed by atoms with Crippen LogP contribution in [-0.4, -0.2) is 47.2 Å². The molecule has 4 rings (SSSR count). The van der Waals surface area contributed by atoms with Gasteiger partial charge < -0.3 is 10.1 Å². The monoisotopic (exact) mass is 556 g/mol. The largest absolute Gasteiger partial charge is 0.350 e. The standard InChI is InChI=1S/C30H44N4O6/c1-21(2)20-23(26(35)32-34-28(37)30(31-29(34)38)17-8-4-9-18-30)14-11-15-24(22-12-5-3-6-13-22)27(36)33-40-25-16-7-10-19-39-25/h3,5-6,12-13,21,23-25H,4,7-11,14-20H2,1-2H3,(H,31,38)(H,32,35)(H,33,36)/t23-,24?,25?/m0/s1. The number of nitrogens with one attached hydrogen (secondary N) is 3. The molecule has 2 unspecified atom stereocenters. The number of amides is 5. The summed E-state index contributed by atoms with van der Waals surface area (Å²) in [4.78, 5) is 57.9. The highest BCUT2D eigenvalue weighted by Crippen LogP contribution is 2.33. The molecule has 220 valence electrons. The Bertz CT molecular complexity index is 1020. The summed E-state index contributed by atoms with van der Waals surface area (Å²) in [5.41, 5.74) is 5.20. The van der Waals surface area contributed by atoms with Crippen molar-refractivity contribution in [1.29, 1.82) is 0 Å². The molecule has 0 aromatic heterocycles. The van der Waals surface area contributed by atoms with Crippen LogP contribution in [0.2, 0.25) is 0 Å². The van der Waals surface area contributed by atoms with Crippen LogP contribution in [0.1, 0.15) is 102 Å². The van der Waals surface area contributed by atoms with Gasteiger partial charge in [0.1, 0.15) is 5.54 Å². The van der Waals surface area contributed by atoms with E-state index in [-0.39, 0.29) is 23.6 Å². The van der Waals surface area contributed by atoms with E-state index in [9.17, 15) is 19.2 Å². The highest BCUT2D eigenvalue weighted by Gasteiger charge is 2.52. The lowest BCUT2D eigenvalue weighted by molar-refractivity contribution is -0.201. The summed E-state index contributed by atoms with van der Waals surface area (Å²) in [6.45, 7) is 4.69. The van der Waals surface area contributed by atoms with Gasteiger partial charge in [0.25, 0.3) is 11.8 Å². The normalized spacial score (nSPS) is 22.2. The number of nitrogens with zero attached hydrogens (tertiary/aromatic N) is 1. The molecule has 3 aliphatic rings. The summed E-state index contributed by atoms with van der Waals surface area (Å²) in [6, 6.07) is 8.96. The number of urea groups is 1. The lowest BCUT2D eigenvalue weighted by Crippen LogP contribution is -2.52. The number of carbonyl (C=O) groups excluding carboxylic acids is 4. The van der Waals surface area contributed by atoms with Crippen molar-refractivity contribution >= 4 is 23.8 Å². The number of hydroxylamine groups is 1. The van der Waals surface area contributed by atoms with Crippen molar-refractivity contribution in [3.63, 3.8) is 0 Å². The SMILES string of the molecule is CC(C)C[C@H](CCCC(C(=O)NOC1CCCCO1)c1ccccc1)C(=O)NN1C(=O)NC2(CCCCC2)C1=O. The Hall–Kier alpha value is -2.98. The quantitative estimate of drug-likeness (QED) is 0.258. The molecule has 1 aliphatic carbocycles. The topological polar surface area (TPSA) is 126 Å². The summed E-state index contributed by atoms with van der Waals surface area (Å²) >= 11 is 0. The van der Waals surface area contributed by atoms with Crippen molar-refractivity contribution in [3.05, 3.63) is 35.9 Å². The van der Waals surface area contributed by atoms with Crippen molar-refractivity contribution in [2.45, 2.75) is 109 Å². The van der Waals surface area contributed by atoms with E-state index in [1.54, 1.807) is 0 Å². The highest BCUT2D eigenvalue weighted by molar-refractivity contribution is 6.08. The van der Waals surface area contributed by atoms with E-state index in [2.05, 4.69) is 16.2 Å². The molecule has 1 aromatic carbocycles. The second-order valence-electron chi connectivity index (χ2n) is 11.8. The number of carbonyl (C=O) groups is 4. The maximum atomic E-state index is 13.4. The number of rotatable bonds is 12. The van der Waals surface area contributed by atoms with E-state index < -0.39 is 29.7 Å². The Labute approximate surface area is 236 Å². The van der Waals surface area contributed by atoms with Crippen molar-refractivity contribution in [3.8, 4) is 0 Å². The summed E-state index contributed by atoms with van der Waals surface area (Å²) in [6.07, 6.45) is 8.49. The molecule has 3 fully saturated rings. The van der Waals surface area contributed by atoms with Gasteiger partial charge >= 0.3 is 6.03 Å². The van der Waals surface area contributed by atoms with Gasteiger partial charge in [-0.3, -0.25) is 19.8 Å². The fourth-order valence-electron chi connectivity index (χ4n) is 6.04. The summed E-state index contributed by atoms with van der Waals surface area (Å²) < 4.78 is 5.56. The smallest absolute Gasteiger partial charge is 0.344 e. The van der Waals surface area contributed by atoms with Crippen molar-refractivity contribution < 1.29 is 28.8 Å². The van der Waals surface area contributed by atoms with Crippen LogP contribution in [0.15, 0.2) is 30.3 Å². The van der Waals surface area contributed by atoms with Gasteiger partial charge in [-0.1, -0.05) is 69.9 Å². The van der Waals surface area contributed by atoms with Gasteiger partial charge in [0.2, 0.25) is 5.91 Å². The fourth-order valence-corrected chi connectivity index (χ4v) is 6.04. The van der Waals surface area contributed by atoms with E-state index >= 15 is 0 Å². The van der Waals surface area contributed by atoms with Gasteiger partial charge in [-0.05, 0) is 56.4 Å². The van der Waals surface area contributed by atoms with E-state index in [1.807, 2.05) is 44.2 Å². The minimum Gasteiger partial charge on any atom is -0.350 e. The molecule has 1 aromatic rings. The maximum Gasteiger partial charge on any atom is 0.344 e. The maximum absolute atomic E-state index is 13.4. The molecule has 40 heavy (non-hydrogen) atoms. The predicted molar refractivity (Wildman–Crippen MR) is 148 cm³/mol. The molecule has 10 heteroatoms. The Kier molecular flexibility index (Phi) is 10.6. The highest BCUT2D eigenvalue weighted by atomic mass is 16.8. The minimum absolute atomic E-state index is 0.237. The Morgan fingerprint density at radius 2 is 1.80 bits per heavy atom. The van der Waals surface area contributed by atoms with Crippen LogP contribution in [0, 0.1) is 11.8 Å². The van der Waals surface area contributed by atoms with Crippen LogP contribution in [-0.2, 0) is 24.0 Å². The van der Waals surface area contributed by atoms with E-state index in [1.165, 1.54) is 0 Å². The average Bonchev–Trinajstić information content (AvgIpc) is 3.18. The first-order valence-electron chi connectivity index (χ1n) is 14.9. The zero-order valence-corrected chi connectivity index (χ0v) is 23.8. The fraction of sp³-hybridized carbons (Fsp3) is 0.667. The van der Waals surface area contributed by atoms with Crippen molar-refractivity contribution in [2.75, 3.05) is 6.61 Å². The average molecular weight is 557 g/mol. The van der Waals surface area contributed by atoms with Crippen LogP contribution in [0.3, 0.4) is 0 Å². The van der Waals surface area contributed by atoms with Crippen LogP contribution < -0.4 is 16.2 Å². The van der Waals surface area contributed by atoms with Gasteiger partial charge in [-0.15, -0.1) is 0 Å². The number of benzene rings is 1. The molecular formula is C30H44N4O6. The molecule has 0 radical (unpaired) electrons. The molecule has 2 heterocycles. The summed E-state index contributed by atoms with van der Waals surface area (Å²) in [5.74, 6) is -1.58. The van der Waals surface area contributed by atoms with Crippen LogP contribution >= 0.6 is 0 Å². The minimum atomic E-state index is -0.892. The summed E-state index contributed by atoms with van der Waals surface area (Å²) in [5, 5.41) is 3.72. The third kappa shape index (κ3) is 7.60. The molecule has 2 aliphatic heterocycles. The van der Waals surface area contributed by atoms with Gasteiger partial charge in [0.15, 0.2) is 6.29 Å². The zero-order valence-electron chi connectivity index (χ0n) is 23.8. The molecule has 5 amide bonds. The van der Waals surface area contributed by atoms with Gasteiger partial charge in [-0.2, -0.15) is 5.01 Å². The second-order valence-corrected chi connectivity index (χ2v) is 11.8. The second kappa shape index (κ2) is 14.1. The number of hydrazine groups is 1. The van der Waals surface area contributed by atoms with E-state index in [0.717, 1.165) is 49.1 Å². The number of hydrogen-bond acceptors (Lipinski definition) is 6. The first kappa shape index (κ1) is 30.0. The van der Waals surface area contributed by atoms with Crippen molar-refractivity contribution in [2.24, 2.45) is 11.8 Å². The molecule has 1 saturated carbocycles.